The zero-order valence-corrected chi connectivity index (χ0v) is 26.8. The Bertz CT molecular complexity index is 2180. The van der Waals surface area contributed by atoms with E-state index in [1.54, 1.807) is 0 Å². The molecule has 47 heavy (non-hydrogen) atoms. The predicted molar refractivity (Wildman–Crippen MR) is 197 cm³/mol. The van der Waals surface area contributed by atoms with Crippen LogP contribution < -0.4 is 9.80 Å². The Morgan fingerprint density at radius 3 is 1.96 bits per heavy atom. The van der Waals surface area contributed by atoms with E-state index < -0.39 is 0 Å². The van der Waals surface area contributed by atoms with Crippen LogP contribution in [0.4, 0.5) is 28.4 Å². The van der Waals surface area contributed by atoms with Gasteiger partial charge in [0.2, 0.25) is 0 Å². The Labute approximate surface area is 277 Å². The first-order chi connectivity index (χ1) is 23.1. The summed E-state index contributed by atoms with van der Waals surface area (Å²) in [6.07, 6.45) is 7.87. The molecule has 2 aliphatic carbocycles. The summed E-state index contributed by atoms with van der Waals surface area (Å²) in [6, 6.07) is 53.2. The first-order valence-electron chi connectivity index (χ1n) is 16.6. The predicted octanol–water partition coefficient (Wildman–Crippen LogP) is 12.2. The summed E-state index contributed by atoms with van der Waals surface area (Å²) in [5.74, 6) is 0.374. The maximum absolute atomic E-state index is 2.51. The standard InChI is InChI=1S/C45H36N2/c1-45(2)41-28-36(46(33-16-8-4-9-17-33)35-24-22-32(23-25-35)31-14-6-3-7-15-31)26-27-37(41)39-29-40-38-20-12-13-21-43(38)47(44(40)30-42(39)45)34-18-10-5-11-19-34/h3-19,21-30,38H,20H2,1-2H3. The molecule has 6 aromatic carbocycles. The molecule has 9 rings (SSSR count). The van der Waals surface area contributed by atoms with Gasteiger partial charge in [-0.3, -0.25) is 0 Å². The highest BCUT2D eigenvalue weighted by atomic mass is 15.2. The van der Waals surface area contributed by atoms with Crippen molar-refractivity contribution in [3.8, 4) is 22.3 Å². The topological polar surface area (TPSA) is 6.48 Å². The largest absolute Gasteiger partial charge is 0.313 e. The third kappa shape index (κ3) is 4.40. The molecule has 2 nitrogen and oxygen atoms in total. The Morgan fingerprint density at radius 2 is 1.21 bits per heavy atom. The number of para-hydroxylation sites is 2. The van der Waals surface area contributed by atoms with Crippen molar-refractivity contribution in [3.63, 3.8) is 0 Å². The second kappa shape index (κ2) is 10.7. The van der Waals surface area contributed by atoms with E-state index in [9.17, 15) is 0 Å². The summed E-state index contributed by atoms with van der Waals surface area (Å²) in [4.78, 5) is 4.88. The molecule has 0 saturated heterocycles. The number of anilines is 5. The zero-order chi connectivity index (χ0) is 31.5. The minimum absolute atomic E-state index is 0.155. The maximum atomic E-state index is 2.51. The van der Waals surface area contributed by atoms with Crippen molar-refractivity contribution < 1.29 is 0 Å². The highest BCUT2D eigenvalue weighted by Crippen LogP contribution is 2.57. The van der Waals surface area contributed by atoms with Gasteiger partial charge in [0.25, 0.3) is 0 Å². The quantitative estimate of drug-likeness (QED) is 0.193. The molecule has 0 radical (unpaired) electrons. The first kappa shape index (κ1) is 27.7. The fraction of sp³-hybridized carbons (Fsp3) is 0.111. The first-order valence-corrected chi connectivity index (χ1v) is 16.6. The lowest BCUT2D eigenvalue weighted by molar-refractivity contribution is 0.660. The van der Waals surface area contributed by atoms with Crippen molar-refractivity contribution in [2.75, 3.05) is 9.80 Å². The molecule has 1 heterocycles. The van der Waals surface area contributed by atoms with Crippen LogP contribution >= 0.6 is 0 Å². The third-order valence-corrected chi connectivity index (χ3v) is 10.3. The summed E-state index contributed by atoms with van der Waals surface area (Å²) < 4.78 is 0. The van der Waals surface area contributed by atoms with Crippen LogP contribution in [0.5, 0.6) is 0 Å². The van der Waals surface area contributed by atoms with Crippen molar-refractivity contribution in [3.05, 3.63) is 186 Å². The Morgan fingerprint density at radius 1 is 0.596 bits per heavy atom. The van der Waals surface area contributed by atoms with E-state index in [1.807, 2.05) is 0 Å². The van der Waals surface area contributed by atoms with Gasteiger partial charge in [0, 0.05) is 39.8 Å². The van der Waals surface area contributed by atoms with Gasteiger partial charge in [-0.05, 0) is 112 Å². The van der Waals surface area contributed by atoms with Gasteiger partial charge in [-0.1, -0.05) is 111 Å². The lowest BCUT2D eigenvalue weighted by Crippen LogP contribution is -2.18. The average Bonchev–Trinajstić information content (AvgIpc) is 3.57. The zero-order valence-electron chi connectivity index (χ0n) is 26.8. The number of fused-ring (bicyclic) bond motifs is 6. The van der Waals surface area contributed by atoms with Crippen molar-refractivity contribution >= 4 is 28.4 Å². The van der Waals surface area contributed by atoms with E-state index >= 15 is 0 Å². The molecular formula is C45H36N2. The van der Waals surface area contributed by atoms with Crippen LogP contribution in [0.1, 0.15) is 42.9 Å². The van der Waals surface area contributed by atoms with Crippen molar-refractivity contribution in [2.24, 2.45) is 0 Å². The number of nitrogens with zero attached hydrogens (tertiary/aromatic N) is 2. The maximum Gasteiger partial charge on any atom is 0.0501 e. The molecule has 226 valence electrons. The SMILES string of the molecule is CC1(C)c2cc(N(c3ccccc3)c3ccc(-c4ccccc4)cc3)ccc2-c2cc3c(cc21)N(c1ccccc1)C1=CC=CCC13. The lowest BCUT2D eigenvalue weighted by atomic mass is 9.81. The van der Waals surface area contributed by atoms with Crippen LogP contribution in [0, 0.1) is 0 Å². The van der Waals surface area contributed by atoms with E-state index in [-0.39, 0.29) is 5.41 Å². The summed E-state index contributed by atoms with van der Waals surface area (Å²) in [6.45, 7) is 4.79. The van der Waals surface area contributed by atoms with Crippen molar-refractivity contribution in [2.45, 2.75) is 31.6 Å². The second-order valence-corrected chi connectivity index (χ2v) is 13.4. The van der Waals surface area contributed by atoms with Crippen LogP contribution in [-0.2, 0) is 5.41 Å². The van der Waals surface area contributed by atoms with Crippen molar-refractivity contribution in [1.29, 1.82) is 0 Å². The van der Waals surface area contributed by atoms with Crippen LogP contribution in [-0.4, -0.2) is 0 Å². The van der Waals surface area contributed by atoms with Crippen molar-refractivity contribution in [1.82, 2.24) is 0 Å². The van der Waals surface area contributed by atoms with Crippen LogP contribution in [0.3, 0.4) is 0 Å². The van der Waals surface area contributed by atoms with Crippen LogP contribution in [0.2, 0.25) is 0 Å². The van der Waals surface area contributed by atoms with Gasteiger partial charge < -0.3 is 9.80 Å². The average molecular weight is 605 g/mol. The fourth-order valence-corrected chi connectivity index (χ4v) is 7.98. The number of hydrogen-bond donors (Lipinski definition) is 0. The van der Waals surface area contributed by atoms with Crippen LogP contribution in [0.25, 0.3) is 22.3 Å². The molecule has 1 unspecified atom stereocenters. The highest BCUT2D eigenvalue weighted by Gasteiger charge is 2.41. The van der Waals surface area contributed by atoms with Gasteiger partial charge in [-0.2, -0.15) is 0 Å². The van der Waals surface area contributed by atoms with Gasteiger partial charge >= 0.3 is 0 Å². The van der Waals surface area contributed by atoms with E-state index in [0.717, 1.165) is 17.8 Å². The minimum atomic E-state index is -0.155. The smallest absolute Gasteiger partial charge is 0.0501 e. The normalized spacial score (nSPS) is 16.6. The third-order valence-electron chi connectivity index (χ3n) is 10.3. The Balaban J connectivity index is 1.16. The highest BCUT2D eigenvalue weighted by molar-refractivity contribution is 5.90. The minimum Gasteiger partial charge on any atom is -0.313 e. The summed E-state index contributed by atoms with van der Waals surface area (Å²) >= 11 is 0. The van der Waals surface area contributed by atoms with Crippen LogP contribution in [0.15, 0.2) is 170 Å². The van der Waals surface area contributed by atoms with Gasteiger partial charge in [0.05, 0.1) is 5.69 Å². The molecular weight excluding hydrogens is 569 g/mol. The number of hydrogen-bond acceptors (Lipinski definition) is 2. The second-order valence-electron chi connectivity index (χ2n) is 13.4. The molecule has 0 amide bonds. The molecule has 1 atom stereocenters. The molecule has 3 aliphatic rings. The van der Waals surface area contributed by atoms with E-state index in [2.05, 4.69) is 187 Å². The number of allylic oxidation sites excluding steroid dienone is 4. The van der Waals surface area contributed by atoms with E-state index in [0.29, 0.717) is 5.92 Å². The lowest BCUT2D eigenvalue weighted by Gasteiger charge is -2.28. The molecule has 0 aromatic heterocycles. The van der Waals surface area contributed by atoms with Gasteiger partial charge in [-0.25, -0.2) is 0 Å². The van der Waals surface area contributed by atoms with Gasteiger partial charge in [0.1, 0.15) is 0 Å². The molecule has 0 bridgehead atoms. The molecule has 1 aliphatic heterocycles. The molecule has 2 heteroatoms. The van der Waals surface area contributed by atoms with E-state index in [4.69, 9.17) is 0 Å². The summed E-state index contributed by atoms with van der Waals surface area (Å²) in [5, 5.41) is 0. The number of benzene rings is 6. The molecule has 6 aromatic rings. The fourth-order valence-electron chi connectivity index (χ4n) is 7.98. The Kier molecular flexibility index (Phi) is 6.33. The monoisotopic (exact) mass is 604 g/mol. The van der Waals surface area contributed by atoms with E-state index in [1.165, 1.54) is 61.7 Å². The molecule has 0 N–H and O–H groups in total. The van der Waals surface area contributed by atoms with Gasteiger partial charge in [0.15, 0.2) is 0 Å². The summed E-state index contributed by atoms with van der Waals surface area (Å²) in [7, 11) is 0. The van der Waals surface area contributed by atoms with Gasteiger partial charge in [-0.15, -0.1) is 0 Å². The molecule has 0 saturated carbocycles. The summed E-state index contributed by atoms with van der Waals surface area (Å²) in [5.41, 5.74) is 16.6. The molecule has 0 spiro atoms. The molecule has 0 fully saturated rings. The number of rotatable bonds is 5. The Hall–Kier alpha value is -5.60.